The number of carbonyl (C=O) groups excluding carboxylic acids is 1. The molecule has 0 unspecified atom stereocenters. The Morgan fingerprint density at radius 1 is 1.00 bits per heavy atom. The van der Waals surface area contributed by atoms with Gasteiger partial charge in [-0.1, -0.05) is 0 Å². The van der Waals surface area contributed by atoms with Crippen molar-refractivity contribution in [2.45, 2.75) is 30.7 Å². The van der Waals surface area contributed by atoms with Gasteiger partial charge in [-0.15, -0.1) is 0 Å². The molecule has 1 saturated carbocycles. The van der Waals surface area contributed by atoms with Gasteiger partial charge in [-0.2, -0.15) is 9.78 Å². The van der Waals surface area contributed by atoms with Crippen LogP contribution in [0.4, 0.5) is 14.5 Å². The molecule has 13 heteroatoms. The molecule has 0 radical (unpaired) electrons. The van der Waals surface area contributed by atoms with E-state index in [4.69, 9.17) is 4.74 Å². The standard InChI is InChI=1S/C27H22F2N4O6S/c1-15-24(27(35)36)31-33(21-11-6-18(29)7-12-21)26(15)39-22-13-10-20(14-23(22)40(37,38)32-19-8-9-19)30-25(34)16-2-4-17(28)5-3-16/h2-7,10-14,19,32H,8-9H2,1H3,(H,30,34)(H,35,36). The van der Waals surface area contributed by atoms with E-state index in [2.05, 4.69) is 15.1 Å². The first kappa shape index (κ1) is 27.0. The lowest BCUT2D eigenvalue weighted by atomic mass is 10.2. The van der Waals surface area contributed by atoms with Crippen LogP contribution in [0.1, 0.15) is 39.3 Å². The second-order valence-electron chi connectivity index (χ2n) is 9.09. The first-order valence-electron chi connectivity index (χ1n) is 12.0. The number of nitrogens with zero attached hydrogens (tertiary/aromatic N) is 2. The highest BCUT2D eigenvalue weighted by molar-refractivity contribution is 7.89. The Morgan fingerprint density at radius 2 is 1.62 bits per heavy atom. The number of anilines is 1. The fourth-order valence-corrected chi connectivity index (χ4v) is 5.29. The van der Waals surface area contributed by atoms with E-state index in [0.717, 1.165) is 28.9 Å². The van der Waals surface area contributed by atoms with Crippen LogP contribution in [0.25, 0.3) is 5.69 Å². The quantitative estimate of drug-likeness (QED) is 0.267. The van der Waals surface area contributed by atoms with E-state index in [1.165, 1.54) is 49.4 Å². The monoisotopic (exact) mass is 568 g/mol. The van der Waals surface area contributed by atoms with Gasteiger partial charge in [0.1, 0.15) is 22.3 Å². The van der Waals surface area contributed by atoms with Gasteiger partial charge in [0.2, 0.25) is 15.9 Å². The minimum atomic E-state index is -4.15. The summed E-state index contributed by atoms with van der Waals surface area (Å²) in [5.41, 5.74) is 0.304. The molecule has 0 aliphatic heterocycles. The lowest BCUT2D eigenvalue weighted by Gasteiger charge is -2.16. The summed E-state index contributed by atoms with van der Waals surface area (Å²) in [4.78, 5) is 24.1. The van der Waals surface area contributed by atoms with Crippen molar-refractivity contribution in [2.24, 2.45) is 0 Å². The summed E-state index contributed by atoms with van der Waals surface area (Å²) in [6, 6.07) is 13.5. The van der Waals surface area contributed by atoms with Crippen molar-refractivity contribution in [2.75, 3.05) is 5.32 Å². The number of carbonyl (C=O) groups is 2. The molecule has 1 aliphatic carbocycles. The van der Waals surface area contributed by atoms with Gasteiger partial charge in [-0.05, 0) is 86.5 Å². The van der Waals surface area contributed by atoms with Gasteiger partial charge in [0, 0.05) is 22.9 Å². The van der Waals surface area contributed by atoms with E-state index in [1.807, 2.05) is 0 Å². The molecule has 5 rings (SSSR count). The third-order valence-corrected chi connectivity index (χ3v) is 7.59. The van der Waals surface area contributed by atoms with Crippen LogP contribution in [0.2, 0.25) is 0 Å². The van der Waals surface area contributed by atoms with Crippen molar-refractivity contribution in [1.82, 2.24) is 14.5 Å². The molecule has 3 aromatic carbocycles. The Hall–Kier alpha value is -4.62. The van der Waals surface area contributed by atoms with E-state index >= 15 is 0 Å². The van der Waals surface area contributed by atoms with Crippen LogP contribution in [0.5, 0.6) is 11.6 Å². The van der Waals surface area contributed by atoms with Crippen LogP contribution in [-0.4, -0.2) is 41.2 Å². The number of carboxylic acids is 1. The Morgan fingerprint density at radius 3 is 2.23 bits per heavy atom. The normalized spacial score (nSPS) is 13.2. The lowest BCUT2D eigenvalue weighted by Crippen LogP contribution is -2.26. The SMILES string of the molecule is Cc1c(C(=O)O)nn(-c2ccc(F)cc2)c1Oc1ccc(NC(=O)c2ccc(F)cc2)cc1S(=O)(=O)NC1CC1. The molecule has 0 bridgehead atoms. The molecular weight excluding hydrogens is 546 g/mol. The van der Waals surface area contributed by atoms with Crippen LogP contribution < -0.4 is 14.8 Å². The Labute approximate surface area is 227 Å². The molecule has 0 spiro atoms. The zero-order valence-corrected chi connectivity index (χ0v) is 21.7. The van der Waals surface area contributed by atoms with Crippen molar-refractivity contribution >= 4 is 27.6 Å². The minimum Gasteiger partial charge on any atom is -0.476 e. The number of ether oxygens (including phenoxy) is 1. The largest absolute Gasteiger partial charge is 0.476 e. The molecule has 0 atom stereocenters. The topological polar surface area (TPSA) is 140 Å². The molecule has 4 aromatic rings. The third-order valence-electron chi connectivity index (χ3n) is 6.05. The van der Waals surface area contributed by atoms with Crippen molar-refractivity contribution in [3.8, 4) is 17.3 Å². The molecule has 1 aliphatic rings. The average Bonchev–Trinajstić information content (AvgIpc) is 3.66. The number of aromatic carboxylic acids is 1. The molecule has 1 aromatic heterocycles. The third kappa shape index (κ3) is 5.70. The molecule has 3 N–H and O–H groups in total. The summed E-state index contributed by atoms with van der Waals surface area (Å²) in [5, 5.41) is 16.3. The Balaban J connectivity index is 1.56. The number of nitrogens with one attached hydrogen (secondary N) is 2. The van der Waals surface area contributed by atoms with Crippen LogP contribution in [-0.2, 0) is 10.0 Å². The molecule has 0 saturated heterocycles. The van der Waals surface area contributed by atoms with E-state index in [9.17, 15) is 31.9 Å². The summed E-state index contributed by atoms with van der Waals surface area (Å²) >= 11 is 0. The summed E-state index contributed by atoms with van der Waals surface area (Å²) in [6.45, 7) is 1.44. The molecule has 206 valence electrons. The maximum Gasteiger partial charge on any atom is 0.356 e. The molecular formula is C27H22F2N4O6S. The van der Waals surface area contributed by atoms with E-state index in [-0.39, 0.29) is 50.8 Å². The van der Waals surface area contributed by atoms with Gasteiger partial charge in [-0.3, -0.25) is 4.79 Å². The van der Waals surface area contributed by atoms with Gasteiger partial charge < -0.3 is 15.2 Å². The summed E-state index contributed by atoms with van der Waals surface area (Å²) in [6.07, 6.45) is 1.32. The summed E-state index contributed by atoms with van der Waals surface area (Å²) in [7, 11) is -4.15. The van der Waals surface area contributed by atoms with Gasteiger partial charge in [-0.25, -0.2) is 26.7 Å². The summed E-state index contributed by atoms with van der Waals surface area (Å²) < 4.78 is 63.1. The van der Waals surface area contributed by atoms with E-state index < -0.39 is 33.5 Å². The highest BCUT2D eigenvalue weighted by atomic mass is 32.2. The minimum absolute atomic E-state index is 0.101. The zero-order valence-electron chi connectivity index (χ0n) is 20.9. The molecule has 1 fully saturated rings. The van der Waals surface area contributed by atoms with Crippen molar-refractivity contribution in [3.63, 3.8) is 0 Å². The smallest absolute Gasteiger partial charge is 0.356 e. The number of sulfonamides is 1. The molecule has 40 heavy (non-hydrogen) atoms. The zero-order chi connectivity index (χ0) is 28.6. The second kappa shape index (κ2) is 10.5. The van der Waals surface area contributed by atoms with Crippen LogP contribution in [0, 0.1) is 18.6 Å². The van der Waals surface area contributed by atoms with Gasteiger partial charge in [0.25, 0.3) is 5.91 Å². The second-order valence-corrected chi connectivity index (χ2v) is 10.8. The summed E-state index contributed by atoms with van der Waals surface area (Å²) in [5.74, 6) is -3.25. The highest BCUT2D eigenvalue weighted by Crippen LogP contribution is 2.36. The van der Waals surface area contributed by atoms with Crippen molar-refractivity contribution < 1.29 is 36.6 Å². The van der Waals surface area contributed by atoms with Gasteiger partial charge in [0.05, 0.1) is 5.69 Å². The maximum absolute atomic E-state index is 13.5. The maximum atomic E-state index is 13.5. The number of hydrogen-bond acceptors (Lipinski definition) is 6. The Kier molecular flexibility index (Phi) is 7.08. The fraction of sp³-hybridized carbons (Fsp3) is 0.148. The number of benzene rings is 3. The average molecular weight is 569 g/mol. The van der Waals surface area contributed by atoms with Gasteiger partial charge in [0.15, 0.2) is 5.69 Å². The number of rotatable bonds is 9. The first-order chi connectivity index (χ1) is 19.0. The van der Waals surface area contributed by atoms with Crippen molar-refractivity contribution in [1.29, 1.82) is 0 Å². The first-order valence-corrected chi connectivity index (χ1v) is 13.5. The number of amides is 1. The molecule has 1 heterocycles. The number of aromatic nitrogens is 2. The van der Waals surface area contributed by atoms with Crippen LogP contribution in [0.15, 0.2) is 71.6 Å². The number of halogens is 2. The van der Waals surface area contributed by atoms with E-state index in [1.54, 1.807) is 0 Å². The fourth-order valence-electron chi connectivity index (χ4n) is 3.83. The van der Waals surface area contributed by atoms with Gasteiger partial charge >= 0.3 is 5.97 Å². The van der Waals surface area contributed by atoms with Crippen LogP contribution >= 0.6 is 0 Å². The lowest BCUT2D eigenvalue weighted by molar-refractivity contribution is 0.0689. The predicted octanol–water partition coefficient (Wildman–Crippen LogP) is 4.64. The highest BCUT2D eigenvalue weighted by Gasteiger charge is 2.31. The van der Waals surface area contributed by atoms with Crippen LogP contribution in [0.3, 0.4) is 0 Å². The molecule has 1 amide bonds. The predicted molar refractivity (Wildman–Crippen MR) is 139 cm³/mol. The van der Waals surface area contributed by atoms with Crippen molar-refractivity contribution in [3.05, 3.63) is 95.2 Å². The number of hydrogen-bond donors (Lipinski definition) is 3. The Bertz CT molecular complexity index is 1720. The van der Waals surface area contributed by atoms with E-state index in [0.29, 0.717) is 12.8 Å². The number of carboxylic acid groups (broad SMARTS) is 1. The molecule has 10 nitrogen and oxygen atoms in total.